The van der Waals surface area contributed by atoms with Crippen molar-refractivity contribution in [3.05, 3.63) is 40.1 Å². The van der Waals surface area contributed by atoms with E-state index in [-0.39, 0.29) is 17.4 Å². The van der Waals surface area contributed by atoms with Crippen molar-refractivity contribution < 1.29 is 4.79 Å². The molecular formula is C16H22N6O2. The van der Waals surface area contributed by atoms with Crippen molar-refractivity contribution in [3.63, 3.8) is 0 Å². The van der Waals surface area contributed by atoms with E-state index in [0.717, 1.165) is 38.0 Å². The normalized spacial score (nSPS) is 24.4. The highest BCUT2D eigenvalue weighted by Gasteiger charge is 2.30. The molecule has 2 saturated heterocycles. The van der Waals surface area contributed by atoms with Crippen molar-refractivity contribution in [3.8, 4) is 0 Å². The van der Waals surface area contributed by atoms with Crippen molar-refractivity contribution in [2.75, 3.05) is 26.2 Å². The highest BCUT2D eigenvalue weighted by Crippen LogP contribution is 2.26. The van der Waals surface area contributed by atoms with Gasteiger partial charge in [-0.05, 0) is 31.9 Å². The van der Waals surface area contributed by atoms with Crippen LogP contribution in [0.2, 0.25) is 0 Å². The third-order valence-electron chi connectivity index (χ3n) is 5.00. The Morgan fingerprint density at radius 2 is 2.21 bits per heavy atom. The van der Waals surface area contributed by atoms with E-state index in [9.17, 15) is 9.59 Å². The smallest absolute Gasteiger partial charge is 0.274 e. The minimum atomic E-state index is -0.130. The Balaban J connectivity index is 1.42. The van der Waals surface area contributed by atoms with Gasteiger partial charge in [0.15, 0.2) is 0 Å². The zero-order valence-electron chi connectivity index (χ0n) is 13.5. The topological polar surface area (TPSA) is 98.8 Å². The summed E-state index contributed by atoms with van der Waals surface area (Å²) in [6, 6.07) is 3.71. The van der Waals surface area contributed by atoms with Crippen molar-refractivity contribution in [1.82, 2.24) is 30.2 Å². The van der Waals surface area contributed by atoms with E-state index in [2.05, 4.69) is 20.6 Å². The van der Waals surface area contributed by atoms with Crippen molar-refractivity contribution in [2.24, 2.45) is 0 Å². The van der Waals surface area contributed by atoms with Crippen LogP contribution in [0.1, 0.15) is 47.4 Å². The zero-order chi connectivity index (χ0) is 16.5. The molecular weight excluding hydrogens is 308 g/mol. The molecule has 24 heavy (non-hydrogen) atoms. The molecule has 2 aliphatic heterocycles. The standard InChI is InChI=1S/C16H22N6O2/c23-15-8-14(18-19-15)11-3-6-21(10-11)16(24)13-4-7-22(20-13)12-2-1-5-17-9-12/h4,7-8,11-12,17H,1-3,5-6,9-10H2,(H2,18,19,23)/t11-,12-/m0/s1. The van der Waals surface area contributed by atoms with Crippen LogP contribution in [-0.4, -0.2) is 57.0 Å². The Kier molecular flexibility index (Phi) is 3.97. The summed E-state index contributed by atoms with van der Waals surface area (Å²) in [5, 5.41) is 13.3. The number of carbonyl (C=O) groups is 1. The predicted molar refractivity (Wildman–Crippen MR) is 88.0 cm³/mol. The molecule has 2 aromatic heterocycles. The largest absolute Gasteiger partial charge is 0.337 e. The summed E-state index contributed by atoms with van der Waals surface area (Å²) in [5.74, 6) is 0.149. The van der Waals surface area contributed by atoms with E-state index in [0.29, 0.717) is 24.8 Å². The quantitative estimate of drug-likeness (QED) is 0.761. The number of aromatic amines is 2. The van der Waals surface area contributed by atoms with Gasteiger partial charge in [0.05, 0.1) is 6.04 Å². The first kappa shape index (κ1) is 15.2. The van der Waals surface area contributed by atoms with Crippen molar-refractivity contribution >= 4 is 5.91 Å². The fraction of sp³-hybridized carbons (Fsp3) is 0.562. The van der Waals surface area contributed by atoms with E-state index >= 15 is 0 Å². The second-order valence-corrected chi connectivity index (χ2v) is 6.63. The van der Waals surface area contributed by atoms with Gasteiger partial charge in [-0.25, -0.2) is 0 Å². The molecule has 1 amide bonds. The van der Waals surface area contributed by atoms with Gasteiger partial charge in [-0.15, -0.1) is 0 Å². The number of amides is 1. The fourth-order valence-corrected chi connectivity index (χ4v) is 3.64. The maximum atomic E-state index is 12.7. The van der Waals surface area contributed by atoms with Crippen LogP contribution in [0.3, 0.4) is 0 Å². The van der Waals surface area contributed by atoms with Crippen LogP contribution in [0.15, 0.2) is 23.1 Å². The van der Waals surface area contributed by atoms with Crippen LogP contribution in [0.25, 0.3) is 0 Å². The fourth-order valence-electron chi connectivity index (χ4n) is 3.64. The minimum absolute atomic E-state index is 0.0297. The maximum absolute atomic E-state index is 12.7. The summed E-state index contributed by atoms with van der Waals surface area (Å²) in [6.45, 7) is 3.26. The number of hydrogen-bond acceptors (Lipinski definition) is 4. The maximum Gasteiger partial charge on any atom is 0.274 e. The Morgan fingerprint density at radius 3 is 2.96 bits per heavy atom. The monoisotopic (exact) mass is 330 g/mol. The third-order valence-corrected chi connectivity index (χ3v) is 5.00. The van der Waals surface area contributed by atoms with Crippen molar-refractivity contribution in [1.29, 1.82) is 0 Å². The number of likely N-dealkylation sites (tertiary alicyclic amines) is 1. The molecule has 4 rings (SSSR count). The van der Waals surface area contributed by atoms with Gasteiger partial charge in [0, 0.05) is 43.5 Å². The SMILES string of the molecule is O=C(c1ccn([C@H]2CCCNC2)n1)N1CC[C@H](c2cc(=O)[nH][nH]2)C1. The second-order valence-electron chi connectivity index (χ2n) is 6.63. The lowest BCUT2D eigenvalue weighted by atomic mass is 10.1. The molecule has 8 heteroatoms. The number of nitrogens with one attached hydrogen (secondary N) is 3. The van der Waals surface area contributed by atoms with Crippen LogP contribution >= 0.6 is 0 Å². The average molecular weight is 330 g/mol. The molecule has 128 valence electrons. The molecule has 0 aromatic carbocycles. The molecule has 0 radical (unpaired) electrons. The number of carbonyl (C=O) groups excluding carboxylic acids is 1. The first-order chi connectivity index (χ1) is 11.7. The minimum Gasteiger partial charge on any atom is -0.337 e. The number of nitrogens with zero attached hydrogens (tertiary/aromatic N) is 3. The van der Waals surface area contributed by atoms with Gasteiger partial charge in [-0.3, -0.25) is 19.4 Å². The van der Waals surface area contributed by atoms with Crippen molar-refractivity contribution in [2.45, 2.75) is 31.2 Å². The summed E-state index contributed by atoms with van der Waals surface area (Å²) >= 11 is 0. The number of aromatic nitrogens is 4. The molecule has 4 heterocycles. The Labute approximate surface area is 139 Å². The number of hydrogen-bond donors (Lipinski definition) is 3. The van der Waals surface area contributed by atoms with Crippen LogP contribution in [0.4, 0.5) is 0 Å². The Hall–Kier alpha value is -2.35. The number of rotatable bonds is 3. The van der Waals surface area contributed by atoms with Gasteiger partial charge < -0.3 is 15.3 Å². The number of piperidine rings is 1. The lowest BCUT2D eigenvalue weighted by Crippen LogP contribution is -2.32. The molecule has 2 atom stereocenters. The molecule has 0 spiro atoms. The van der Waals surface area contributed by atoms with Gasteiger partial charge in [0.1, 0.15) is 5.69 Å². The van der Waals surface area contributed by atoms with Gasteiger partial charge >= 0.3 is 0 Å². The van der Waals surface area contributed by atoms with E-state index in [1.165, 1.54) is 0 Å². The molecule has 0 bridgehead atoms. The average Bonchev–Trinajstić information content (AvgIpc) is 3.35. The van der Waals surface area contributed by atoms with E-state index in [4.69, 9.17) is 0 Å². The molecule has 0 aliphatic carbocycles. The van der Waals surface area contributed by atoms with Gasteiger partial charge in [0.25, 0.3) is 11.5 Å². The van der Waals surface area contributed by atoms with Crippen LogP contribution in [0.5, 0.6) is 0 Å². The molecule has 0 unspecified atom stereocenters. The van der Waals surface area contributed by atoms with Gasteiger partial charge in [-0.2, -0.15) is 5.10 Å². The highest BCUT2D eigenvalue weighted by molar-refractivity contribution is 5.92. The third kappa shape index (κ3) is 2.89. The Bertz CT molecular complexity index is 769. The summed E-state index contributed by atoms with van der Waals surface area (Å²) in [7, 11) is 0. The molecule has 2 fully saturated rings. The van der Waals surface area contributed by atoms with Crippen LogP contribution in [0, 0.1) is 0 Å². The predicted octanol–water partition coefficient (Wildman–Crippen LogP) is 0.454. The lowest BCUT2D eigenvalue weighted by molar-refractivity contribution is 0.0783. The van der Waals surface area contributed by atoms with Gasteiger partial charge in [0.2, 0.25) is 0 Å². The second kappa shape index (κ2) is 6.27. The summed E-state index contributed by atoms with van der Waals surface area (Å²) in [5.41, 5.74) is 1.24. The number of H-pyrrole nitrogens is 2. The van der Waals surface area contributed by atoms with E-state index in [1.54, 1.807) is 6.07 Å². The van der Waals surface area contributed by atoms with Gasteiger partial charge in [-0.1, -0.05) is 0 Å². The van der Waals surface area contributed by atoms with E-state index in [1.807, 2.05) is 21.8 Å². The summed E-state index contributed by atoms with van der Waals surface area (Å²) in [4.78, 5) is 25.8. The molecule has 2 aromatic rings. The molecule has 2 aliphatic rings. The zero-order valence-corrected chi connectivity index (χ0v) is 13.5. The summed E-state index contributed by atoms with van der Waals surface area (Å²) < 4.78 is 1.91. The van der Waals surface area contributed by atoms with Crippen LogP contribution in [-0.2, 0) is 0 Å². The molecule has 8 nitrogen and oxygen atoms in total. The first-order valence-corrected chi connectivity index (χ1v) is 8.53. The highest BCUT2D eigenvalue weighted by atomic mass is 16.2. The van der Waals surface area contributed by atoms with Crippen LogP contribution < -0.4 is 10.9 Å². The first-order valence-electron chi connectivity index (χ1n) is 8.53. The summed E-state index contributed by atoms with van der Waals surface area (Å²) in [6.07, 6.45) is 4.99. The lowest BCUT2D eigenvalue weighted by Gasteiger charge is -2.23. The Morgan fingerprint density at radius 1 is 1.29 bits per heavy atom. The molecule has 0 saturated carbocycles. The van der Waals surface area contributed by atoms with E-state index < -0.39 is 0 Å². The molecule has 3 N–H and O–H groups in total.